The van der Waals surface area contributed by atoms with E-state index in [1.807, 2.05) is 20.8 Å². The summed E-state index contributed by atoms with van der Waals surface area (Å²) >= 11 is 0. The van der Waals surface area contributed by atoms with Crippen LogP contribution in [0.4, 0.5) is 0 Å². The summed E-state index contributed by atoms with van der Waals surface area (Å²) in [4.78, 5) is 36.8. The van der Waals surface area contributed by atoms with Crippen molar-refractivity contribution in [1.29, 1.82) is 0 Å². The van der Waals surface area contributed by atoms with Gasteiger partial charge in [0.05, 0.1) is 13.0 Å². The van der Waals surface area contributed by atoms with Gasteiger partial charge in [-0.05, 0) is 12.8 Å². The summed E-state index contributed by atoms with van der Waals surface area (Å²) in [6, 6.07) is 0. The first-order valence-corrected chi connectivity index (χ1v) is 7.39. The number of nitrogens with one attached hydrogen (secondary N) is 1. The zero-order chi connectivity index (χ0) is 16.0. The van der Waals surface area contributed by atoms with E-state index in [0.717, 1.165) is 0 Å². The van der Waals surface area contributed by atoms with Crippen LogP contribution >= 0.6 is 0 Å². The number of carbonyl (C=O) groups excluding carboxylic acids is 3. The Kier molecular flexibility index (Phi) is 6.18. The van der Waals surface area contributed by atoms with Crippen LogP contribution in [0.15, 0.2) is 0 Å². The van der Waals surface area contributed by atoms with E-state index in [4.69, 9.17) is 4.74 Å². The molecule has 1 atom stereocenters. The molecule has 0 spiro atoms. The van der Waals surface area contributed by atoms with Crippen LogP contribution in [0.3, 0.4) is 0 Å². The minimum absolute atomic E-state index is 0.0122. The van der Waals surface area contributed by atoms with E-state index >= 15 is 0 Å². The largest absolute Gasteiger partial charge is 0.469 e. The molecule has 0 aliphatic carbocycles. The summed E-state index contributed by atoms with van der Waals surface area (Å²) in [6.07, 6.45) is 1.66. The average Bonchev–Trinajstić information content (AvgIpc) is 2.90. The molecule has 0 radical (unpaired) electrons. The Bertz CT molecular complexity index is 401. The fourth-order valence-corrected chi connectivity index (χ4v) is 2.21. The van der Waals surface area contributed by atoms with Crippen molar-refractivity contribution in [1.82, 2.24) is 10.2 Å². The summed E-state index contributed by atoms with van der Waals surface area (Å²) in [6.45, 7) is 7.10. The Morgan fingerprint density at radius 3 is 2.52 bits per heavy atom. The molecule has 6 nitrogen and oxygen atoms in total. The van der Waals surface area contributed by atoms with Crippen molar-refractivity contribution < 1.29 is 19.1 Å². The maximum absolute atomic E-state index is 12.0. The Balaban J connectivity index is 2.24. The molecule has 21 heavy (non-hydrogen) atoms. The first-order valence-electron chi connectivity index (χ1n) is 7.39. The quantitative estimate of drug-likeness (QED) is 0.605. The van der Waals surface area contributed by atoms with Gasteiger partial charge in [0.15, 0.2) is 0 Å². The van der Waals surface area contributed by atoms with Crippen LogP contribution in [0.1, 0.15) is 40.0 Å². The highest BCUT2D eigenvalue weighted by molar-refractivity contribution is 5.81. The first-order chi connectivity index (χ1) is 9.75. The van der Waals surface area contributed by atoms with Crippen LogP contribution in [0, 0.1) is 11.3 Å². The summed E-state index contributed by atoms with van der Waals surface area (Å²) in [5.41, 5.74) is -0.410. The number of amides is 2. The molecular formula is C15H26N2O4. The highest BCUT2D eigenvalue weighted by Gasteiger charge is 2.31. The van der Waals surface area contributed by atoms with Crippen molar-refractivity contribution >= 4 is 17.8 Å². The van der Waals surface area contributed by atoms with Crippen molar-refractivity contribution in [2.75, 3.05) is 26.7 Å². The van der Waals surface area contributed by atoms with E-state index in [1.165, 1.54) is 7.11 Å². The van der Waals surface area contributed by atoms with Gasteiger partial charge in [0, 0.05) is 31.5 Å². The zero-order valence-corrected chi connectivity index (χ0v) is 13.4. The smallest absolute Gasteiger partial charge is 0.310 e. The second-order valence-electron chi connectivity index (χ2n) is 6.46. The lowest BCUT2D eigenvalue weighted by Gasteiger charge is -2.18. The number of esters is 1. The van der Waals surface area contributed by atoms with Gasteiger partial charge in [0.1, 0.15) is 0 Å². The number of carbonyl (C=O) groups is 3. The highest BCUT2D eigenvalue weighted by atomic mass is 16.5. The Morgan fingerprint density at radius 2 is 1.95 bits per heavy atom. The molecule has 1 aliphatic rings. The van der Waals surface area contributed by atoms with Gasteiger partial charge in [-0.1, -0.05) is 20.8 Å². The highest BCUT2D eigenvalue weighted by Crippen LogP contribution is 2.18. The molecule has 1 saturated heterocycles. The number of rotatable bonds is 5. The van der Waals surface area contributed by atoms with Crippen LogP contribution in [-0.2, 0) is 19.1 Å². The summed E-state index contributed by atoms with van der Waals surface area (Å²) in [5.74, 6) is -0.421. The number of ether oxygens (including phenoxy) is 1. The molecule has 0 aromatic rings. The number of hydrogen-bond acceptors (Lipinski definition) is 4. The van der Waals surface area contributed by atoms with Crippen molar-refractivity contribution in [2.45, 2.75) is 40.0 Å². The van der Waals surface area contributed by atoms with Gasteiger partial charge < -0.3 is 15.0 Å². The fourth-order valence-electron chi connectivity index (χ4n) is 2.21. The summed E-state index contributed by atoms with van der Waals surface area (Å²) < 4.78 is 4.69. The second kappa shape index (κ2) is 7.43. The van der Waals surface area contributed by atoms with Crippen LogP contribution in [-0.4, -0.2) is 49.4 Å². The van der Waals surface area contributed by atoms with Gasteiger partial charge in [-0.3, -0.25) is 14.4 Å². The standard InChI is InChI=1S/C15H26N2O4/c1-15(2,3)14(20)16-8-5-6-12(18)17-9-7-11(10-17)13(19)21-4/h11H,5-10H2,1-4H3,(H,16,20). The van der Waals surface area contributed by atoms with E-state index < -0.39 is 5.41 Å². The lowest BCUT2D eigenvalue weighted by atomic mass is 9.96. The molecule has 1 N–H and O–H groups in total. The van der Waals surface area contributed by atoms with E-state index in [0.29, 0.717) is 38.9 Å². The van der Waals surface area contributed by atoms with Crippen LogP contribution in [0.5, 0.6) is 0 Å². The van der Waals surface area contributed by atoms with Crippen molar-refractivity contribution in [2.24, 2.45) is 11.3 Å². The minimum Gasteiger partial charge on any atom is -0.469 e. The number of hydrogen-bond donors (Lipinski definition) is 1. The maximum atomic E-state index is 12.0. The van der Waals surface area contributed by atoms with E-state index in [9.17, 15) is 14.4 Å². The molecule has 2 amide bonds. The third-order valence-corrected chi connectivity index (χ3v) is 3.61. The lowest BCUT2D eigenvalue weighted by Crippen LogP contribution is -2.36. The van der Waals surface area contributed by atoms with E-state index in [-0.39, 0.29) is 23.7 Å². The molecule has 0 saturated carbocycles. The van der Waals surface area contributed by atoms with Crippen molar-refractivity contribution in [3.8, 4) is 0 Å². The van der Waals surface area contributed by atoms with Gasteiger partial charge >= 0.3 is 5.97 Å². The lowest BCUT2D eigenvalue weighted by molar-refractivity contribution is -0.145. The molecule has 120 valence electrons. The van der Waals surface area contributed by atoms with Gasteiger partial charge in [-0.25, -0.2) is 0 Å². The van der Waals surface area contributed by atoms with E-state index in [2.05, 4.69) is 5.32 Å². The number of methoxy groups -OCH3 is 1. The Labute approximate surface area is 126 Å². The second-order valence-corrected chi connectivity index (χ2v) is 6.46. The molecule has 1 heterocycles. The van der Waals surface area contributed by atoms with Crippen molar-refractivity contribution in [3.63, 3.8) is 0 Å². The zero-order valence-electron chi connectivity index (χ0n) is 13.4. The number of nitrogens with zero attached hydrogens (tertiary/aromatic N) is 1. The summed E-state index contributed by atoms with van der Waals surface area (Å²) in [5, 5.41) is 2.82. The fraction of sp³-hybridized carbons (Fsp3) is 0.800. The van der Waals surface area contributed by atoms with Crippen LogP contribution < -0.4 is 5.32 Å². The van der Waals surface area contributed by atoms with E-state index in [1.54, 1.807) is 4.90 Å². The van der Waals surface area contributed by atoms with Crippen LogP contribution in [0.25, 0.3) is 0 Å². The van der Waals surface area contributed by atoms with Crippen molar-refractivity contribution in [3.05, 3.63) is 0 Å². The predicted molar refractivity (Wildman–Crippen MR) is 78.4 cm³/mol. The molecular weight excluding hydrogens is 272 g/mol. The molecule has 0 aromatic heterocycles. The predicted octanol–water partition coefficient (Wildman–Crippen LogP) is 0.950. The number of likely N-dealkylation sites (tertiary alicyclic amines) is 1. The Morgan fingerprint density at radius 1 is 1.29 bits per heavy atom. The first kappa shape index (κ1) is 17.5. The third kappa shape index (κ3) is 5.36. The van der Waals surface area contributed by atoms with Gasteiger partial charge in [0.25, 0.3) is 0 Å². The minimum atomic E-state index is -0.410. The van der Waals surface area contributed by atoms with Gasteiger partial charge in [-0.2, -0.15) is 0 Å². The Hall–Kier alpha value is -1.59. The summed E-state index contributed by atoms with van der Waals surface area (Å²) in [7, 11) is 1.37. The maximum Gasteiger partial charge on any atom is 0.310 e. The normalized spacial score (nSPS) is 18.5. The third-order valence-electron chi connectivity index (χ3n) is 3.61. The molecule has 1 unspecified atom stereocenters. The SMILES string of the molecule is COC(=O)C1CCN(C(=O)CCCNC(=O)C(C)(C)C)C1. The van der Waals surface area contributed by atoms with Gasteiger partial charge in [-0.15, -0.1) is 0 Å². The molecule has 6 heteroatoms. The monoisotopic (exact) mass is 298 g/mol. The van der Waals surface area contributed by atoms with Gasteiger partial charge in [0.2, 0.25) is 11.8 Å². The average molecular weight is 298 g/mol. The molecule has 0 bridgehead atoms. The molecule has 1 fully saturated rings. The molecule has 1 rings (SSSR count). The molecule has 1 aliphatic heterocycles. The van der Waals surface area contributed by atoms with Crippen LogP contribution in [0.2, 0.25) is 0 Å². The topological polar surface area (TPSA) is 75.7 Å². The molecule has 0 aromatic carbocycles.